The predicted molar refractivity (Wildman–Crippen MR) is 119 cm³/mol. The number of rotatable bonds is 6. The summed E-state index contributed by atoms with van der Waals surface area (Å²) in [6.45, 7) is 1.30. The topological polar surface area (TPSA) is 58.2 Å². The number of carbonyl (C=O) groups excluding carboxylic acids is 2. The molecule has 4 heteroatoms. The maximum atomic E-state index is 12.6. The number of nitrogens with one attached hydrogen (secondary N) is 2. The molecular weight excluding hydrogens is 372 g/mol. The van der Waals surface area contributed by atoms with Crippen LogP contribution in [0.1, 0.15) is 34.3 Å². The van der Waals surface area contributed by atoms with Crippen molar-refractivity contribution >= 4 is 11.8 Å². The van der Waals surface area contributed by atoms with E-state index in [4.69, 9.17) is 0 Å². The predicted octanol–water partition coefficient (Wildman–Crippen LogP) is 4.35. The molecule has 3 aromatic rings. The Kier molecular flexibility index (Phi) is 6.23. The van der Waals surface area contributed by atoms with Gasteiger partial charge in [0.25, 0.3) is 5.91 Å². The van der Waals surface area contributed by atoms with Crippen LogP contribution in [0.2, 0.25) is 0 Å². The molecule has 1 fully saturated rings. The fraction of sp³-hybridized carbons (Fsp3) is 0.231. The summed E-state index contributed by atoms with van der Waals surface area (Å²) in [5.41, 5.74) is 4.95. The third kappa shape index (κ3) is 4.95. The molecule has 1 heterocycles. The summed E-state index contributed by atoms with van der Waals surface area (Å²) >= 11 is 0. The average Bonchev–Trinajstić information content (AvgIpc) is 2.80. The third-order valence-corrected chi connectivity index (χ3v) is 5.59. The summed E-state index contributed by atoms with van der Waals surface area (Å²) in [6.07, 6.45) is 2.77. The summed E-state index contributed by atoms with van der Waals surface area (Å²) in [5.74, 6) is 0.154. The van der Waals surface area contributed by atoms with Gasteiger partial charge in [-0.3, -0.25) is 9.59 Å². The largest absolute Gasteiger partial charge is 0.356 e. The Labute approximate surface area is 177 Å². The Morgan fingerprint density at radius 1 is 0.900 bits per heavy atom. The zero-order valence-corrected chi connectivity index (χ0v) is 16.9. The van der Waals surface area contributed by atoms with Crippen LogP contribution in [0, 0.1) is 5.92 Å². The second-order valence-electron chi connectivity index (χ2n) is 7.78. The van der Waals surface area contributed by atoms with Gasteiger partial charge < -0.3 is 10.6 Å². The number of carbonyl (C=O) groups is 2. The first-order chi connectivity index (χ1) is 14.7. The molecular formula is C26H26N2O2. The lowest BCUT2D eigenvalue weighted by Crippen LogP contribution is -2.37. The average molecular weight is 399 g/mol. The molecule has 2 N–H and O–H groups in total. The minimum atomic E-state index is -0.0827. The Morgan fingerprint density at radius 2 is 1.70 bits per heavy atom. The van der Waals surface area contributed by atoms with Gasteiger partial charge in [-0.1, -0.05) is 66.7 Å². The number of hydrogen-bond acceptors (Lipinski definition) is 2. The van der Waals surface area contributed by atoms with Crippen LogP contribution >= 0.6 is 0 Å². The molecule has 0 saturated carbocycles. The second-order valence-corrected chi connectivity index (χ2v) is 7.78. The van der Waals surface area contributed by atoms with E-state index in [0.29, 0.717) is 12.1 Å². The van der Waals surface area contributed by atoms with E-state index in [1.54, 1.807) is 0 Å². The molecule has 0 spiro atoms. The molecule has 1 aliphatic heterocycles. The van der Waals surface area contributed by atoms with E-state index >= 15 is 0 Å². The van der Waals surface area contributed by atoms with Gasteiger partial charge in [0.15, 0.2) is 0 Å². The van der Waals surface area contributed by atoms with E-state index in [1.165, 1.54) is 0 Å². The lowest BCUT2D eigenvalue weighted by molar-refractivity contribution is -0.126. The van der Waals surface area contributed by atoms with E-state index in [2.05, 4.69) is 34.9 Å². The van der Waals surface area contributed by atoms with Crippen molar-refractivity contribution in [1.82, 2.24) is 10.6 Å². The van der Waals surface area contributed by atoms with Gasteiger partial charge in [0.1, 0.15) is 0 Å². The molecule has 2 amide bonds. The van der Waals surface area contributed by atoms with Crippen LogP contribution < -0.4 is 10.6 Å². The molecule has 4 nitrogen and oxygen atoms in total. The van der Waals surface area contributed by atoms with Gasteiger partial charge in [0, 0.05) is 24.6 Å². The molecule has 3 aromatic carbocycles. The summed E-state index contributed by atoms with van der Waals surface area (Å²) in [7, 11) is 0. The van der Waals surface area contributed by atoms with Gasteiger partial charge in [0.2, 0.25) is 5.91 Å². The summed E-state index contributed by atoms with van der Waals surface area (Å²) in [5, 5.41) is 5.93. The maximum absolute atomic E-state index is 12.6. The van der Waals surface area contributed by atoms with Gasteiger partial charge in [-0.2, -0.15) is 0 Å². The highest BCUT2D eigenvalue weighted by Crippen LogP contribution is 2.23. The van der Waals surface area contributed by atoms with Crippen LogP contribution in [0.3, 0.4) is 0 Å². The van der Waals surface area contributed by atoms with Crippen molar-refractivity contribution < 1.29 is 9.59 Å². The van der Waals surface area contributed by atoms with Crippen LogP contribution in [-0.4, -0.2) is 18.4 Å². The first-order valence-electron chi connectivity index (χ1n) is 10.5. The second kappa shape index (κ2) is 9.40. The molecule has 1 saturated heterocycles. The highest BCUT2D eigenvalue weighted by Gasteiger charge is 2.21. The van der Waals surface area contributed by atoms with Crippen molar-refractivity contribution in [1.29, 1.82) is 0 Å². The zero-order valence-electron chi connectivity index (χ0n) is 16.9. The minimum Gasteiger partial charge on any atom is -0.356 e. The number of amides is 2. The Morgan fingerprint density at radius 3 is 2.47 bits per heavy atom. The van der Waals surface area contributed by atoms with Crippen LogP contribution in [0.5, 0.6) is 0 Å². The summed E-state index contributed by atoms with van der Waals surface area (Å²) < 4.78 is 0. The molecule has 1 aliphatic rings. The van der Waals surface area contributed by atoms with Crippen molar-refractivity contribution in [3.05, 3.63) is 95.6 Å². The zero-order chi connectivity index (χ0) is 20.8. The monoisotopic (exact) mass is 398 g/mol. The summed E-state index contributed by atoms with van der Waals surface area (Å²) in [4.78, 5) is 24.5. The highest BCUT2D eigenvalue weighted by atomic mass is 16.2. The normalized spacial score (nSPS) is 16.0. The van der Waals surface area contributed by atoms with Crippen molar-refractivity contribution in [2.45, 2.75) is 25.8 Å². The fourth-order valence-corrected chi connectivity index (χ4v) is 3.87. The van der Waals surface area contributed by atoms with E-state index in [0.717, 1.165) is 48.1 Å². The fourth-order valence-electron chi connectivity index (χ4n) is 3.87. The first-order valence-corrected chi connectivity index (χ1v) is 10.5. The van der Waals surface area contributed by atoms with Crippen molar-refractivity contribution in [3.8, 4) is 11.1 Å². The number of benzene rings is 3. The molecule has 152 valence electrons. The number of hydrogen-bond donors (Lipinski definition) is 2. The van der Waals surface area contributed by atoms with Gasteiger partial charge >= 0.3 is 0 Å². The molecule has 0 bridgehead atoms. The van der Waals surface area contributed by atoms with Gasteiger partial charge in [-0.05, 0) is 53.6 Å². The first kappa shape index (κ1) is 19.9. The molecule has 0 radical (unpaired) electrons. The standard InChI is InChI=1S/C26H26N2O2/c29-25-23(10-5-15-27-25)16-19-11-13-21(14-12-19)22-8-4-9-24(17-22)26(30)28-18-20-6-2-1-3-7-20/h1-4,6-9,11-14,17,23H,5,10,15-16,18H2,(H,27,29)(H,28,30)/t23-/m1/s1. The molecule has 4 rings (SSSR count). The highest BCUT2D eigenvalue weighted by molar-refractivity contribution is 5.95. The van der Waals surface area contributed by atoms with Crippen molar-refractivity contribution in [3.63, 3.8) is 0 Å². The molecule has 0 unspecified atom stereocenters. The SMILES string of the molecule is O=C(NCc1ccccc1)c1cccc(-c2ccc(C[C@H]3CCCNC3=O)cc2)c1. The lowest BCUT2D eigenvalue weighted by atomic mass is 9.91. The van der Waals surface area contributed by atoms with E-state index in [-0.39, 0.29) is 17.7 Å². The smallest absolute Gasteiger partial charge is 0.251 e. The van der Waals surface area contributed by atoms with Crippen LogP contribution in [0.4, 0.5) is 0 Å². The maximum Gasteiger partial charge on any atom is 0.251 e. The molecule has 1 atom stereocenters. The minimum absolute atomic E-state index is 0.0706. The van der Waals surface area contributed by atoms with E-state index < -0.39 is 0 Å². The molecule has 30 heavy (non-hydrogen) atoms. The van der Waals surface area contributed by atoms with E-state index in [1.807, 2.05) is 54.6 Å². The van der Waals surface area contributed by atoms with Crippen LogP contribution in [0.25, 0.3) is 11.1 Å². The van der Waals surface area contributed by atoms with Gasteiger partial charge in [0.05, 0.1) is 0 Å². The third-order valence-electron chi connectivity index (χ3n) is 5.59. The molecule has 0 aromatic heterocycles. The number of piperidine rings is 1. The summed E-state index contributed by atoms with van der Waals surface area (Å²) in [6, 6.07) is 25.9. The van der Waals surface area contributed by atoms with Crippen LogP contribution in [-0.2, 0) is 17.8 Å². The van der Waals surface area contributed by atoms with Crippen LogP contribution in [0.15, 0.2) is 78.9 Å². The quantitative estimate of drug-likeness (QED) is 0.648. The Hall–Kier alpha value is -3.40. The van der Waals surface area contributed by atoms with Crippen molar-refractivity contribution in [2.24, 2.45) is 5.92 Å². The van der Waals surface area contributed by atoms with Gasteiger partial charge in [-0.25, -0.2) is 0 Å². The lowest BCUT2D eigenvalue weighted by Gasteiger charge is -2.21. The van der Waals surface area contributed by atoms with E-state index in [9.17, 15) is 9.59 Å². The van der Waals surface area contributed by atoms with Gasteiger partial charge in [-0.15, -0.1) is 0 Å². The molecule has 0 aliphatic carbocycles. The Bertz CT molecular complexity index is 1010. The van der Waals surface area contributed by atoms with Crippen molar-refractivity contribution in [2.75, 3.05) is 6.54 Å². The Balaban J connectivity index is 1.41.